The molecular weight excluding hydrogens is 343 g/mol. The van der Waals surface area contributed by atoms with Crippen LogP contribution in [-0.4, -0.2) is 0 Å². The SMILES string of the molecule is NNC(c1cc(Cl)cc(Br)c1)c1sccc1Cl. The molecule has 1 atom stereocenters. The Morgan fingerprint density at radius 2 is 2.06 bits per heavy atom. The van der Waals surface area contributed by atoms with Gasteiger partial charge in [-0.05, 0) is 35.2 Å². The first kappa shape index (κ1) is 13.3. The molecule has 90 valence electrons. The van der Waals surface area contributed by atoms with Gasteiger partial charge in [-0.2, -0.15) is 0 Å². The normalized spacial score (nSPS) is 12.7. The first-order valence-electron chi connectivity index (χ1n) is 4.77. The number of benzene rings is 1. The number of hydrazine groups is 1. The topological polar surface area (TPSA) is 38.0 Å². The van der Waals surface area contributed by atoms with Crippen LogP contribution in [-0.2, 0) is 0 Å². The van der Waals surface area contributed by atoms with Gasteiger partial charge < -0.3 is 0 Å². The predicted octanol–water partition coefficient (Wildman–Crippen LogP) is 4.37. The quantitative estimate of drug-likeness (QED) is 0.636. The summed E-state index contributed by atoms with van der Waals surface area (Å²) in [5, 5.41) is 3.29. The van der Waals surface area contributed by atoms with Gasteiger partial charge in [-0.1, -0.05) is 39.1 Å². The molecule has 0 radical (unpaired) electrons. The summed E-state index contributed by atoms with van der Waals surface area (Å²) in [7, 11) is 0. The maximum absolute atomic E-state index is 6.11. The van der Waals surface area contributed by atoms with E-state index in [9.17, 15) is 0 Å². The fourth-order valence-electron chi connectivity index (χ4n) is 1.58. The van der Waals surface area contributed by atoms with E-state index in [4.69, 9.17) is 29.0 Å². The summed E-state index contributed by atoms with van der Waals surface area (Å²) >= 11 is 17.1. The lowest BCUT2D eigenvalue weighted by Gasteiger charge is -2.16. The first-order chi connectivity index (χ1) is 8.11. The van der Waals surface area contributed by atoms with E-state index in [0.717, 1.165) is 14.9 Å². The molecule has 0 aliphatic carbocycles. The van der Waals surface area contributed by atoms with Gasteiger partial charge in [0.2, 0.25) is 0 Å². The second kappa shape index (κ2) is 5.69. The zero-order valence-corrected chi connectivity index (χ0v) is 12.5. The molecule has 0 saturated carbocycles. The summed E-state index contributed by atoms with van der Waals surface area (Å²) in [6.45, 7) is 0. The van der Waals surface area contributed by atoms with Gasteiger partial charge in [-0.3, -0.25) is 5.84 Å². The fourth-order valence-corrected chi connectivity index (χ4v) is 3.71. The molecule has 2 aromatic rings. The molecule has 1 aromatic carbocycles. The van der Waals surface area contributed by atoms with Gasteiger partial charge in [0.25, 0.3) is 0 Å². The highest BCUT2D eigenvalue weighted by Gasteiger charge is 2.17. The van der Waals surface area contributed by atoms with E-state index in [1.54, 1.807) is 11.3 Å². The number of rotatable bonds is 3. The maximum atomic E-state index is 6.11. The third-order valence-electron chi connectivity index (χ3n) is 2.29. The van der Waals surface area contributed by atoms with Gasteiger partial charge in [0.1, 0.15) is 0 Å². The van der Waals surface area contributed by atoms with E-state index >= 15 is 0 Å². The largest absolute Gasteiger partial charge is 0.271 e. The van der Waals surface area contributed by atoms with Crippen molar-refractivity contribution in [3.05, 3.63) is 54.6 Å². The molecule has 0 bridgehead atoms. The van der Waals surface area contributed by atoms with Gasteiger partial charge >= 0.3 is 0 Å². The Morgan fingerprint density at radius 3 is 2.59 bits per heavy atom. The highest BCUT2D eigenvalue weighted by molar-refractivity contribution is 9.10. The second-order valence-corrected chi connectivity index (χ2v) is 6.14. The molecule has 17 heavy (non-hydrogen) atoms. The van der Waals surface area contributed by atoms with Crippen LogP contribution in [0.4, 0.5) is 0 Å². The van der Waals surface area contributed by atoms with Crippen molar-refractivity contribution in [3.63, 3.8) is 0 Å². The molecule has 0 spiro atoms. The molecule has 2 rings (SSSR count). The number of halogens is 3. The number of thiophene rings is 1. The molecule has 0 amide bonds. The van der Waals surface area contributed by atoms with Gasteiger partial charge in [0.05, 0.1) is 11.1 Å². The molecule has 6 heteroatoms. The van der Waals surface area contributed by atoms with Crippen molar-refractivity contribution in [1.82, 2.24) is 5.43 Å². The summed E-state index contributed by atoms with van der Waals surface area (Å²) in [4.78, 5) is 0.975. The zero-order valence-electron chi connectivity index (χ0n) is 8.58. The lowest BCUT2D eigenvalue weighted by molar-refractivity contribution is 0.646. The minimum Gasteiger partial charge on any atom is -0.271 e. The summed E-state index contributed by atoms with van der Waals surface area (Å²) in [6, 6.07) is 7.36. The minimum absolute atomic E-state index is 0.155. The smallest absolute Gasteiger partial charge is 0.0818 e. The Kier molecular flexibility index (Phi) is 4.47. The van der Waals surface area contributed by atoms with Crippen LogP contribution in [0.25, 0.3) is 0 Å². The van der Waals surface area contributed by atoms with Crippen LogP contribution in [0.15, 0.2) is 34.1 Å². The van der Waals surface area contributed by atoms with Crippen LogP contribution in [0, 0.1) is 0 Å². The third kappa shape index (κ3) is 3.02. The average molecular weight is 352 g/mol. The van der Waals surface area contributed by atoms with Crippen molar-refractivity contribution in [1.29, 1.82) is 0 Å². The van der Waals surface area contributed by atoms with Crippen LogP contribution >= 0.6 is 50.5 Å². The standard InChI is InChI=1S/C11H9BrCl2N2S/c12-7-3-6(4-8(13)5-7)10(16-15)11-9(14)1-2-17-11/h1-5,10,16H,15H2. The first-order valence-corrected chi connectivity index (χ1v) is 7.19. The van der Waals surface area contributed by atoms with Gasteiger partial charge in [0, 0.05) is 14.4 Å². The van der Waals surface area contributed by atoms with Crippen LogP contribution in [0.5, 0.6) is 0 Å². The van der Waals surface area contributed by atoms with Crippen LogP contribution in [0.3, 0.4) is 0 Å². The Labute approximate surface area is 122 Å². The molecule has 2 nitrogen and oxygen atoms in total. The molecular formula is C11H9BrCl2N2S. The van der Waals surface area contributed by atoms with E-state index in [2.05, 4.69) is 21.4 Å². The Hall–Kier alpha value is -0.100. The van der Waals surface area contributed by atoms with E-state index in [0.29, 0.717) is 10.0 Å². The zero-order chi connectivity index (χ0) is 12.4. The Balaban J connectivity index is 2.45. The Morgan fingerprint density at radius 1 is 1.29 bits per heavy atom. The van der Waals surface area contributed by atoms with Gasteiger partial charge in [0.15, 0.2) is 0 Å². The van der Waals surface area contributed by atoms with Crippen molar-refractivity contribution in [2.45, 2.75) is 6.04 Å². The van der Waals surface area contributed by atoms with Gasteiger partial charge in [-0.15, -0.1) is 11.3 Å². The molecule has 0 fully saturated rings. The molecule has 0 aliphatic heterocycles. The minimum atomic E-state index is -0.155. The monoisotopic (exact) mass is 350 g/mol. The number of nitrogens with one attached hydrogen (secondary N) is 1. The maximum Gasteiger partial charge on any atom is 0.0818 e. The van der Waals surface area contributed by atoms with Crippen LogP contribution < -0.4 is 11.3 Å². The van der Waals surface area contributed by atoms with Crippen molar-refractivity contribution >= 4 is 50.5 Å². The second-order valence-electron chi connectivity index (χ2n) is 3.44. The Bertz CT molecular complexity index is 510. The highest BCUT2D eigenvalue weighted by Crippen LogP contribution is 2.34. The lowest BCUT2D eigenvalue weighted by Crippen LogP contribution is -2.28. The predicted molar refractivity (Wildman–Crippen MR) is 77.6 cm³/mol. The summed E-state index contributed by atoms with van der Waals surface area (Å²) in [5.74, 6) is 5.60. The molecule has 1 heterocycles. The van der Waals surface area contributed by atoms with Crippen LogP contribution in [0.2, 0.25) is 10.0 Å². The molecule has 0 saturated heterocycles. The number of nitrogens with two attached hydrogens (primary N) is 1. The molecule has 0 aliphatic rings. The van der Waals surface area contributed by atoms with Crippen molar-refractivity contribution in [3.8, 4) is 0 Å². The van der Waals surface area contributed by atoms with Crippen LogP contribution in [0.1, 0.15) is 16.5 Å². The lowest BCUT2D eigenvalue weighted by atomic mass is 10.1. The van der Waals surface area contributed by atoms with E-state index in [1.165, 1.54) is 0 Å². The van der Waals surface area contributed by atoms with E-state index in [1.807, 2.05) is 29.6 Å². The molecule has 1 unspecified atom stereocenters. The summed E-state index contributed by atoms with van der Waals surface area (Å²) < 4.78 is 0.910. The van der Waals surface area contributed by atoms with Gasteiger partial charge in [-0.25, -0.2) is 5.43 Å². The highest BCUT2D eigenvalue weighted by atomic mass is 79.9. The summed E-state index contributed by atoms with van der Waals surface area (Å²) in [5.41, 5.74) is 3.73. The van der Waals surface area contributed by atoms with E-state index < -0.39 is 0 Å². The van der Waals surface area contributed by atoms with Crippen molar-refractivity contribution in [2.75, 3.05) is 0 Å². The number of hydrogen-bond donors (Lipinski definition) is 2. The molecule has 1 aromatic heterocycles. The fraction of sp³-hybridized carbons (Fsp3) is 0.0909. The number of hydrogen-bond acceptors (Lipinski definition) is 3. The van der Waals surface area contributed by atoms with Crippen molar-refractivity contribution < 1.29 is 0 Å². The third-order valence-corrected chi connectivity index (χ3v) is 4.39. The van der Waals surface area contributed by atoms with Crippen molar-refractivity contribution in [2.24, 2.45) is 5.84 Å². The summed E-state index contributed by atoms with van der Waals surface area (Å²) in [6.07, 6.45) is 0. The average Bonchev–Trinajstić information content (AvgIpc) is 2.65. The van der Waals surface area contributed by atoms with E-state index in [-0.39, 0.29) is 6.04 Å². The molecule has 3 N–H and O–H groups in total.